The van der Waals surface area contributed by atoms with E-state index in [1.165, 1.54) is 12.1 Å². The number of anilines is 1. The minimum Gasteiger partial charge on any atom is -0.298 e. The molecular weight excluding hydrogens is 293 g/mol. The molecule has 0 atom stereocenters. The van der Waals surface area contributed by atoms with Gasteiger partial charge in [0.25, 0.3) is 5.91 Å². The van der Waals surface area contributed by atoms with Crippen LogP contribution in [-0.4, -0.2) is 5.91 Å². The quantitative estimate of drug-likeness (QED) is 0.837. The van der Waals surface area contributed by atoms with Crippen molar-refractivity contribution in [2.24, 2.45) is 0 Å². The molecule has 0 saturated carbocycles. The molecule has 0 radical (unpaired) electrons. The molecule has 0 heterocycles. The van der Waals surface area contributed by atoms with Crippen molar-refractivity contribution in [3.05, 3.63) is 65.2 Å². The Balaban J connectivity index is 2.03. The Hall–Kier alpha value is -2.50. The second kappa shape index (κ2) is 6.51. The van der Waals surface area contributed by atoms with Gasteiger partial charge >= 0.3 is 6.18 Å². The van der Waals surface area contributed by atoms with Crippen molar-refractivity contribution >= 4 is 11.6 Å². The first-order chi connectivity index (χ1) is 10.4. The Morgan fingerprint density at radius 1 is 1.09 bits per heavy atom. The molecule has 2 N–H and O–H groups in total. The highest BCUT2D eigenvalue weighted by Gasteiger charge is 2.30. The Kier molecular flexibility index (Phi) is 4.70. The third-order valence-corrected chi connectivity index (χ3v) is 3.13. The Bertz CT molecular complexity index is 651. The Morgan fingerprint density at radius 2 is 1.77 bits per heavy atom. The molecule has 0 aliphatic rings. The van der Waals surface area contributed by atoms with Crippen LogP contribution in [0.25, 0.3) is 0 Å². The molecule has 0 aromatic heterocycles. The van der Waals surface area contributed by atoms with Crippen LogP contribution in [0, 0.1) is 0 Å². The standard InChI is InChI=1S/C16H15F3N2O/c1-2-11-6-8-14(9-7-11)20-21-15(22)12-4-3-5-13(10-12)16(17,18)19/h3-10,20H,2H2,1H3,(H,21,22). The van der Waals surface area contributed by atoms with E-state index in [1.54, 1.807) is 12.1 Å². The first kappa shape index (κ1) is 15.9. The highest BCUT2D eigenvalue weighted by Crippen LogP contribution is 2.29. The number of alkyl halides is 3. The fraction of sp³-hybridized carbons (Fsp3) is 0.188. The molecule has 2 aromatic rings. The summed E-state index contributed by atoms with van der Waals surface area (Å²) >= 11 is 0. The Morgan fingerprint density at radius 3 is 2.36 bits per heavy atom. The first-order valence-corrected chi connectivity index (χ1v) is 6.72. The molecule has 0 spiro atoms. The van der Waals surface area contributed by atoms with Crippen LogP contribution in [0.3, 0.4) is 0 Å². The lowest BCUT2D eigenvalue weighted by Gasteiger charge is -2.11. The number of rotatable bonds is 4. The van der Waals surface area contributed by atoms with Crippen LogP contribution in [0.15, 0.2) is 48.5 Å². The van der Waals surface area contributed by atoms with Crippen LogP contribution < -0.4 is 10.9 Å². The van der Waals surface area contributed by atoms with Crippen molar-refractivity contribution in [2.45, 2.75) is 19.5 Å². The van der Waals surface area contributed by atoms with E-state index in [9.17, 15) is 18.0 Å². The van der Waals surface area contributed by atoms with Crippen molar-refractivity contribution in [1.82, 2.24) is 5.43 Å². The van der Waals surface area contributed by atoms with Gasteiger partial charge in [-0.25, -0.2) is 0 Å². The van der Waals surface area contributed by atoms with E-state index in [4.69, 9.17) is 0 Å². The largest absolute Gasteiger partial charge is 0.416 e. The number of hydrogen-bond donors (Lipinski definition) is 2. The van der Waals surface area contributed by atoms with Crippen LogP contribution in [0.4, 0.5) is 18.9 Å². The third-order valence-electron chi connectivity index (χ3n) is 3.13. The summed E-state index contributed by atoms with van der Waals surface area (Å²) in [5, 5.41) is 0. The molecule has 0 bridgehead atoms. The maximum Gasteiger partial charge on any atom is 0.416 e. The maximum absolute atomic E-state index is 12.6. The number of aryl methyl sites for hydroxylation is 1. The highest BCUT2D eigenvalue weighted by molar-refractivity contribution is 5.95. The number of hydrogen-bond acceptors (Lipinski definition) is 2. The SMILES string of the molecule is CCc1ccc(NNC(=O)c2cccc(C(F)(F)F)c2)cc1. The van der Waals surface area contributed by atoms with Crippen molar-refractivity contribution in [3.63, 3.8) is 0 Å². The van der Waals surface area contributed by atoms with Gasteiger partial charge in [0.2, 0.25) is 0 Å². The molecule has 2 aromatic carbocycles. The number of nitrogens with one attached hydrogen (secondary N) is 2. The van der Waals surface area contributed by atoms with E-state index in [0.29, 0.717) is 5.69 Å². The second-order valence-electron chi connectivity index (χ2n) is 4.71. The molecule has 0 saturated heterocycles. The van der Waals surface area contributed by atoms with Crippen molar-refractivity contribution < 1.29 is 18.0 Å². The van der Waals surface area contributed by atoms with E-state index >= 15 is 0 Å². The van der Waals surface area contributed by atoms with E-state index in [2.05, 4.69) is 10.9 Å². The molecule has 22 heavy (non-hydrogen) atoms. The highest BCUT2D eigenvalue weighted by atomic mass is 19.4. The summed E-state index contributed by atoms with van der Waals surface area (Å²) in [4.78, 5) is 11.9. The monoisotopic (exact) mass is 308 g/mol. The van der Waals surface area contributed by atoms with E-state index in [-0.39, 0.29) is 5.56 Å². The van der Waals surface area contributed by atoms with Gasteiger partial charge in [0.15, 0.2) is 0 Å². The molecule has 3 nitrogen and oxygen atoms in total. The van der Waals surface area contributed by atoms with Gasteiger partial charge in [-0.15, -0.1) is 0 Å². The van der Waals surface area contributed by atoms with Crippen molar-refractivity contribution in [3.8, 4) is 0 Å². The van der Waals surface area contributed by atoms with Gasteiger partial charge in [0.1, 0.15) is 0 Å². The zero-order chi connectivity index (χ0) is 16.2. The number of carbonyl (C=O) groups is 1. The van der Waals surface area contributed by atoms with Crippen LogP contribution in [0.2, 0.25) is 0 Å². The van der Waals surface area contributed by atoms with Gasteiger partial charge in [-0.2, -0.15) is 13.2 Å². The fourth-order valence-electron chi connectivity index (χ4n) is 1.86. The summed E-state index contributed by atoms with van der Waals surface area (Å²) in [5.41, 5.74) is 5.93. The van der Waals surface area contributed by atoms with Crippen LogP contribution in [-0.2, 0) is 12.6 Å². The molecule has 2 rings (SSSR count). The van der Waals surface area contributed by atoms with Gasteiger partial charge in [-0.05, 0) is 42.3 Å². The van der Waals surface area contributed by atoms with Crippen molar-refractivity contribution in [1.29, 1.82) is 0 Å². The van der Waals surface area contributed by atoms with Gasteiger partial charge < -0.3 is 0 Å². The number of hydrazine groups is 1. The minimum atomic E-state index is -4.47. The van der Waals surface area contributed by atoms with Crippen LogP contribution in [0.5, 0.6) is 0 Å². The van der Waals surface area contributed by atoms with Gasteiger partial charge in [0.05, 0.1) is 11.3 Å². The predicted molar refractivity (Wildman–Crippen MR) is 78.4 cm³/mol. The molecule has 0 aliphatic heterocycles. The van der Waals surface area contributed by atoms with Crippen LogP contribution in [0.1, 0.15) is 28.4 Å². The lowest BCUT2D eigenvalue weighted by Crippen LogP contribution is -2.29. The summed E-state index contributed by atoms with van der Waals surface area (Å²) in [6, 6.07) is 11.6. The lowest BCUT2D eigenvalue weighted by molar-refractivity contribution is -0.137. The molecule has 0 aliphatic carbocycles. The molecular formula is C16H15F3N2O. The first-order valence-electron chi connectivity index (χ1n) is 6.72. The van der Waals surface area contributed by atoms with E-state index < -0.39 is 17.6 Å². The third kappa shape index (κ3) is 4.00. The lowest BCUT2D eigenvalue weighted by atomic mass is 10.1. The summed E-state index contributed by atoms with van der Waals surface area (Å²) < 4.78 is 37.8. The Labute approximate surface area is 126 Å². The summed E-state index contributed by atoms with van der Waals surface area (Å²) in [6.07, 6.45) is -3.57. The zero-order valence-corrected chi connectivity index (χ0v) is 11.9. The average molecular weight is 308 g/mol. The second-order valence-corrected chi connectivity index (χ2v) is 4.71. The van der Waals surface area contributed by atoms with E-state index in [1.807, 2.05) is 19.1 Å². The van der Waals surface area contributed by atoms with Crippen molar-refractivity contribution in [2.75, 3.05) is 5.43 Å². The summed E-state index contributed by atoms with van der Waals surface area (Å²) in [6.45, 7) is 2.03. The van der Waals surface area contributed by atoms with Crippen LogP contribution >= 0.6 is 0 Å². The van der Waals surface area contributed by atoms with Gasteiger partial charge in [0, 0.05) is 5.56 Å². The molecule has 0 fully saturated rings. The number of benzene rings is 2. The molecule has 1 amide bonds. The number of halogens is 3. The normalized spacial score (nSPS) is 11.1. The number of amides is 1. The average Bonchev–Trinajstić information content (AvgIpc) is 2.52. The maximum atomic E-state index is 12.6. The topological polar surface area (TPSA) is 41.1 Å². The predicted octanol–water partition coefficient (Wildman–Crippen LogP) is 4.02. The fourth-order valence-corrected chi connectivity index (χ4v) is 1.86. The molecule has 6 heteroatoms. The number of carbonyl (C=O) groups excluding carboxylic acids is 1. The summed E-state index contributed by atoms with van der Waals surface area (Å²) in [7, 11) is 0. The van der Waals surface area contributed by atoms with Gasteiger partial charge in [-0.1, -0.05) is 25.1 Å². The molecule has 0 unspecified atom stereocenters. The van der Waals surface area contributed by atoms with Gasteiger partial charge in [-0.3, -0.25) is 15.6 Å². The zero-order valence-electron chi connectivity index (χ0n) is 11.9. The van der Waals surface area contributed by atoms with E-state index in [0.717, 1.165) is 24.1 Å². The smallest absolute Gasteiger partial charge is 0.298 e. The minimum absolute atomic E-state index is 0.0625. The molecule has 116 valence electrons. The summed E-state index contributed by atoms with van der Waals surface area (Å²) in [5.74, 6) is -0.634.